The summed E-state index contributed by atoms with van der Waals surface area (Å²) in [7, 11) is 0. The Morgan fingerprint density at radius 2 is 0.961 bits per heavy atom. The predicted octanol–water partition coefficient (Wildman–Crippen LogP) is 14.2. The number of ether oxygens (including phenoxy) is 1. The summed E-state index contributed by atoms with van der Waals surface area (Å²) in [6, 6.07) is 51.7. The van der Waals surface area contributed by atoms with Gasteiger partial charge in [-0.3, -0.25) is 0 Å². The molecule has 51 heavy (non-hydrogen) atoms. The molecule has 0 amide bonds. The van der Waals surface area contributed by atoms with Crippen LogP contribution in [0.15, 0.2) is 182 Å². The molecule has 0 spiro atoms. The van der Waals surface area contributed by atoms with E-state index in [-0.39, 0.29) is 29.7 Å². The van der Waals surface area contributed by atoms with E-state index in [4.69, 9.17) is 11.6 Å². The molecule has 0 bridgehead atoms. The van der Waals surface area contributed by atoms with Crippen LogP contribution in [0, 0.1) is 0 Å². The van der Waals surface area contributed by atoms with Gasteiger partial charge in [0.15, 0.2) is 0 Å². The molecule has 11 rings (SSSR count). The summed E-state index contributed by atoms with van der Waals surface area (Å²) in [4.78, 5) is 0. The van der Waals surface area contributed by atoms with E-state index in [1.807, 2.05) is 24.3 Å². The van der Waals surface area contributed by atoms with Gasteiger partial charge in [0.2, 0.25) is 0 Å². The summed E-state index contributed by atoms with van der Waals surface area (Å²) in [5.41, 5.74) is 9.37. The van der Waals surface area contributed by atoms with Crippen LogP contribution in [0.25, 0.3) is 98.7 Å². The van der Waals surface area contributed by atoms with E-state index in [0.29, 0.717) is 11.3 Å². The number of hydrogen-bond donors (Lipinski definition) is 0. The first kappa shape index (κ1) is 23.6. The molecule has 0 atom stereocenters. The van der Waals surface area contributed by atoms with Gasteiger partial charge in [-0.15, -0.1) is 0 Å². The van der Waals surface area contributed by atoms with Gasteiger partial charge in [-0.1, -0.05) is 152 Å². The van der Waals surface area contributed by atoms with Crippen LogP contribution in [0.3, 0.4) is 0 Å². The Labute approximate surface area is 303 Å². The molecule has 1 nitrogen and oxygen atoms in total. The first-order chi connectivity index (χ1) is 27.3. The summed E-state index contributed by atoms with van der Waals surface area (Å²) in [5.74, 6) is 1.41. The molecule has 1 aliphatic heterocycles. The van der Waals surface area contributed by atoms with E-state index in [9.17, 15) is 0 Å². The minimum absolute atomic E-state index is 0.170. The molecule has 1 aliphatic rings. The second-order valence-electron chi connectivity index (χ2n) is 13.3. The maximum absolute atomic E-state index is 8.61. The van der Waals surface area contributed by atoms with E-state index < -0.39 is 6.04 Å². The van der Waals surface area contributed by atoms with E-state index in [1.165, 1.54) is 49.0 Å². The van der Waals surface area contributed by atoms with Crippen molar-refractivity contribution in [1.82, 2.24) is 0 Å². The quantitative estimate of drug-likeness (QED) is 0.172. The fourth-order valence-corrected chi connectivity index (χ4v) is 8.12. The van der Waals surface area contributed by atoms with Crippen molar-refractivity contribution in [2.75, 3.05) is 0 Å². The van der Waals surface area contributed by atoms with Crippen molar-refractivity contribution in [2.24, 2.45) is 0 Å². The van der Waals surface area contributed by atoms with Crippen molar-refractivity contribution >= 4 is 43.1 Å². The highest BCUT2D eigenvalue weighted by Gasteiger charge is 2.22. The van der Waals surface area contributed by atoms with Gasteiger partial charge in [-0.2, -0.15) is 0 Å². The topological polar surface area (TPSA) is 9.23 Å². The number of benzene rings is 10. The molecule has 236 valence electrons. The van der Waals surface area contributed by atoms with Crippen LogP contribution in [0.5, 0.6) is 11.5 Å². The Kier molecular flexibility index (Phi) is 5.05. The number of rotatable bonds is 4. The zero-order valence-corrected chi connectivity index (χ0v) is 27.3. The lowest BCUT2D eigenvalue weighted by Crippen LogP contribution is -1.98. The molecular weight excluding hydrogens is 617 g/mol. The van der Waals surface area contributed by atoms with Crippen LogP contribution >= 0.6 is 0 Å². The highest BCUT2D eigenvalue weighted by Crippen LogP contribution is 2.49. The molecule has 10 aromatic rings. The first-order valence-electron chi connectivity index (χ1n) is 19.7. The van der Waals surface area contributed by atoms with Crippen LogP contribution < -0.4 is 4.74 Å². The Hall–Kier alpha value is -6.70. The zero-order chi connectivity index (χ0) is 37.8. The van der Waals surface area contributed by atoms with Gasteiger partial charge < -0.3 is 4.74 Å². The summed E-state index contributed by atoms with van der Waals surface area (Å²) >= 11 is 0. The molecular formula is C50H30O. The second kappa shape index (κ2) is 10.9. The Morgan fingerprint density at radius 1 is 0.333 bits per heavy atom. The molecule has 0 saturated heterocycles. The molecule has 0 radical (unpaired) electrons. The summed E-state index contributed by atoms with van der Waals surface area (Å²) in [6.07, 6.45) is 0. The van der Waals surface area contributed by atoms with E-state index in [0.717, 1.165) is 44.3 Å². The predicted molar refractivity (Wildman–Crippen MR) is 215 cm³/mol. The lowest BCUT2D eigenvalue weighted by molar-refractivity contribution is 0.487. The third kappa shape index (κ3) is 4.35. The van der Waals surface area contributed by atoms with Crippen LogP contribution in [0.4, 0.5) is 0 Å². The van der Waals surface area contributed by atoms with Crippen LogP contribution in [-0.4, -0.2) is 0 Å². The highest BCUT2D eigenvalue weighted by molar-refractivity contribution is 6.27. The summed E-state index contributed by atoms with van der Waals surface area (Å²) < 4.78 is 48.2. The molecule has 0 unspecified atom stereocenters. The fraction of sp³-hybridized carbons (Fsp3) is 0. The van der Waals surface area contributed by atoms with Crippen molar-refractivity contribution < 1.29 is 11.6 Å². The van der Waals surface area contributed by atoms with Crippen molar-refractivity contribution in [2.45, 2.75) is 0 Å². The van der Waals surface area contributed by atoms with Gasteiger partial charge in [-0.05, 0) is 118 Å². The molecule has 1 heteroatoms. The van der Waals surface area contributed by atoms with E-state index in [2.05, 4.69) is 121 Å². The Bertz CT molecular complexity index is 3230. The molecule has 0 saturated carbocycles. The van der Waals surface area contributed by atoms with E-state index in [1.54, 1.807) is 6.07 Å². The lowest BCUT2D eigenvalue weighted by Gasteiger charge is -2.23. The van der Waals surface area contributed by atoms with Crippen molar-refractivity contribution in [3.63, 3.8) is 0 Å². The standard InChI is InChI=1S/C50H30O/c1-3-8-31(9-4-1)37-22-27-46-44(29-37)45-30-39(28-38-12-7-13-47(51-46)48(38)45)32-14-16-34(17-15-32)41-24-19-36-20-25-42-40(33-10-5-2-6-11-33)23-18-35-21-26-43(41)50(36)49(35)42/h1-30H/i1D,3D,4D,8D,9D. The molecule has 0 N–H and O–H groups in total. The first-order valence-corrected chi connectivity index (χ1v) is 17.2. The lowest BCUT2D eigenvalue weighted by atomic mass is 9.87. The fourth-order valence-electron chi connectivity index (χ4n) is 8.12. The third-order valence-electron chi connectivity index (χ3n) is 10.5. The number of hydrogen-bond acceptors (Lipinski definition) is 1. The second-order valence-corrected chi connectivity index (χ2v) is 13.3. The Balaban J connectivity index is 1.03. The van der Waals surface area contributed by atoms with Gasteiger partial charge >= 0.3 is 0 Å². The van der Waals surface area contributed by atoms with Gasteiger partial charge in [0.1, 0.15) is 11.5 Å². The van der Waals surface area contributed by atoms with E-state index >= 15 is 0 Å². The molecule has 1 heterocycles. The van der Waals surface area contributed by atoms with Crippen LogP contribution in [0.1, 0.15) is 6.85 Å². The van der Waals surface area contributed by atoms with Crippen molar-refractivity contribution in [3.8, 4) is 67.1 Å². The van der Waals surface area contributed by atoms with Crippen LogP contribution in [0.2, 0.25) is 0 Å². The van der Waals surface area contributed by atoms with Gasteiger partial charge in [0, 0.05) is 10.9 Å². The average Bonchev–Trinajstić information content (AvgIpc) is 3.24. The largest absolute Gasteiger partial charge is 0.456 e. The van der Waals surface area contributed by atoms with Gasteiger partial charge in [-0.25, -0.2) is 0 Å². The minimum Gasteiger partial charge on any atom is -0.456 e. The maximum atomic E-state index is 8.61. The SMILES string of the molecule is [2H]c1c([2H])c([2H])c(-c2ccc3c(c2)-c2cc(-c4ccc(-c5ccc6ccc7c(-c8ccccc8)ccc8ccc5c6c87)cc4)cc4cccc(c24)O3)c([2H])c1[2H]. The Morgan fingerprint density at radius 3 is 1.69 bits per heavy atom. The van der Waals surface area contributed by atoms with Crippen LogP contribution in [-0.2, 0) is 0 Å². The average molecular weight is 652 g/mol. The van der Waals surface area contributed by atoms with Crippen molar-refractivity contribution in [1.29, 1.82) is 0 Å². The van der Waals surface area contributed by atoms with Crippen molar-refractivity contribution in [3.05, 3.63) is 182 Å². The minimum atomic E-state index is -0.406. The zero-order valence-electron chi connectivity index (χ0n) is 32.3. The summed E-state index contributed by atoms with van der Waals surface area (Å²) in [5, 5.41) is 9.54. The van der Waals surface area contributed by atoms with Gasteiger partial charge in [0.05, 0.1) is 6.85 Å². The monoisotopic (exact) mass is 651 g/mol. The molecule has 0 aromatic heterocycles. The number of fused-ring (bicyclic) bond motifs is 2. The normalized spacial score (nSPS) is 13.5. The smallest absolute Gasteiger partial charge is 0.135 e. The third-order valence-corrected chi connectivity index (χ3v) is 10.5. The van der Waals surface area contributed by atoms with Gasteiger partial charge in [0.25, 0.3) is 0 Å². The maximum Gasteiger partial charge on any atom is 0.135 e. The summed E-state index contributed by atoms with van der Waals surface area (Å²) in [6.45, 7) is 0. The molecule has 10 aromatic carbocycles. The molecule has 0 fully saturated rings. The highest BCUT2D eigenvalue weighted by atomic mass is 16.5. The molecule has 0 aliphatic carbocycles.